The van der Waals surface area contributed by atoms with Crippen molar-refractivity contribution in [3.05, 3.63) is 29.8 Å². The van der Waals surface area contributed by atoms with Gasteiger partial charge in [-0.3, -0.25) is 14.5 Å². The molecular weight excluding hydrogens is 330 g/mol. The first kappa shape index (κ1) is 20.2. The van der Waals surface area contributed by atoms with Gasteiger partial charge < -0.3 is 15.0 Å². The monoisotopic (exact) mass is 361 g/mol. The Hall–Kier alpha value is -2.08. The minimum atomic E-state index is -0.199. The van der Waals surface area contributed by atoms with Gasteiger partial charge in [-0.15, -0.1) is 0 Å². The molecule has 0 aromatic heterocycles. The summed E-state index contributed by atoms with van der Waals surface area (Å²) in [7, 11) is 1.59. The number of nitrogens with zero attached hydrogens (tertiary/aromatic N) is 2. The Labute approximate surface area is 156 Å². The smallest absolute Gasteiger partial charge is 0.254 e. The number of ether oxygens (including phenoxy) is 1. The van der Waals surface area contributed by atoms with Crippen molar-refractivity contribution < 1.29 is 14.3 Å². The summed E-state index contributed by atoms with van der Waals surface area (Å²) in [5.74, 6) is 0.732. The molecule has 1 aromatic rings. The van der Waals surface area contributed by atoms with E-state index in [-0.39, 0.29) is 23.4 Å². The highest BCUT2D eigenvalue weighted by Crippen LogP contribution is 2.16. The molecule has 1 fully saturated rings. The fourth-order valence-corrected chi connectivity index (χ4v) is 2.94. The second-order valence-corrected chi connectivity index (χ2v) is 7.46. The molecule has 0 spiro atoms. The largest absolute Gasteiger partial charge is 0.497 e. The first-order valence-corrected chi connectivity index (χ1v) is 9.27. The van der Waals surface area contributed by atoms with Crippen LogP contribution in [0, 0.1) is 0 Å². The molecule has 0 bridgehead atoms. The van der Waals surface area contributed by atoms with Gasteiger partial charge in [-0.2, -0.15) is 0 Å². The first-order chi connectivity index (χ1) is 12.3. The zero-order valence-corrected chi connectivity index (χ0v) is 16.5. The molecule has 0 saturated carbocycles. The lowest BCUT2D eigenvalue weighted by atomic mass is 10.0. The number of hydrogen-bond acceptors (Lipinski definition) is 4. The molecule has 1 heterocycles. The van der Waals surface area contributed by atoms with E-state index in [0.717, 1.165) is 6.42 Å². The van der Waals surface area contributed by atoms with E-state index >= 15 is 0 Å². The van der Waals surface area contributed by atoms with Gasteiger partial charge in [-0.1, -0.05) is 13.0 Å². The van der Waals surface area contributed by atoms with Crippen molar-refractivity contribution in [1.82, 2.24) is 15.1 Å². The highest BCUT2D eigenvalue weighted by molar-refractivity contribution is 5.94. The Kier molecular flexibility index (Phi) is 6.64. The second-order valence-electron chi connectivity index (χ2n) is 7.46. The summed E-state index contributed by atoms with van der Waals surface area (Å²) in [4.78, 5) is 29.1. The molecule has 144 valence electrons. The number of amides is 2. The third-order valence-electron chi connectivity index (χ3n) is 5.19. The predicted molar refractivity (Wildman–Crippen MR) is 102 cm³/mol. The van der Waals surface area contributed by atoms with Crippen LogP contribution in [0.3, 0.4) is 0 Å². The fourth-order valence-electron chi connectivity index (χ4n) is 2.94. The van der Waals surface area contributed by atoms with Gasteiger partial charge in [0.1, 0.15) is 5.75 Å². The first-order valence-electron chi connectivity index (χ1n) is 9.27. The molecule has 0 radical (unpaired) electrons. The van der Waals surface area contributed by atoms with Crippen LogP contribution >= 0.6 is 0 Å². The van der Waals surface area contributed by atoms with Crippen LogP contribution < -0.4 is 10.1 Å². The van der Waals surface area contributed by atoms with Crippen LogP contribution in [0.1, 0.15) is 44.5 Å². The van der Waals surface area contributed by atoms with Crippen LogP contribution in [0.2, 0.25) is 0 Å². The van der Waals surface area contributed by atoms with Crippen molar-refractivity contribution in [1.29, 1.82) is 0 Å². The number of benzene rings is 1. The lowest BCUT2D eigenvalue weighted by Crippen LogP contribution is -2.57. The Balaban J connectivity index is 1.91. The summed E-state index contributed by atoms with van der Waals surface area (Å²) in [6, 6.07) is 7.02. The van der Waals surface area contributed by atoms with Crippen LogP contribution in [0.25, 0.3) is 0 Å². The molecule has 6 nitrogen and oxygen atoms in total. The van der Waals surface area contributed by atoms with E-state index in [2.05, 4.69) is 17.1 Å². The number of methoxy groups -OCH3 is 1. The average molecular weight is 361 g/mol. The fraction of sp³-hybridized carbons (Fsp3) is 0.600. The predicted octanol–water partition coefficient (Wildman–Crippen LogP) is 2.15. The minimum absolute atomic E-state index is 0.00720. The van der Waals surface area contributed by atoms with Gasteiger partial charge in [0, 0.05) is 37.3 Å². The summed E-state index contributed by atoms with van der Waals surface area (Å²) in [6.45, 7) is 10.7. The van der Waals surface area contributed by atoms with Crippen LogP contribution in [0.4, 0.5) is 0 Å². The van der Waals surface area contributed by atoms with E-state index in [0.29, 0.717) is 37.5 Å². The van der Waals surface area contributed by atoms with Crippen LogP contribution in [-0.2, 0) is 4.79 Å². The van der Waals surface area contributed by atoms with Gasteiger partial charge in [-0.25, -0.2) is 0 Å². The van der Waals surface area contributed by atoms with Gasteiger partial charge in [0.2, 0.25) is 5.91 Å². The van der Waals surface area contributed by atoms with E-state index in [9.17, 15) is 9.59 Å². The molecular formula is C20H31N3O3. The number of piperazine rings is 1. The molecule has 6 heteroatoms. The number of nitrogens with one attached hydrogen (secondary N) is 1. The molecule has 1 saturated heterocycles. The topological polar surface area (TPSA) is 61.9 Å². The zero-order valence-electron chi connectivity index (χ0n) is 16.5. The Morgan fingerprint density at radius 3 is 2.46 bits per heavy atom. The standard InChI is InChI=1S/C20H31N3O3/c1-6-20(3,4)21-18(24)15(2)22-10-12-23(13-11-22)19(25)16-8-7-9-17(14-16)26-5/h7-9,14-15H,6,10-13H2,1-5H3,(H,21,24). The summed E-state index contributed by atoms with van der Waals surface area (Å²) in [5.41, 5.74) is 0.434. The second kappa shape index (κ2) is 8.54. The number of carbonyl (C=O) groups excluding carboxylic acids is 2. The quantitative estimate of drug-likeness (QED) is 0.843. The maximum atomic E-state index is 12.7. The van der Waals surface area contributed by atoms with Gasteiger partial charge in [-0.05, 0) is 45.4 Å². The molecule has 1 N–H and O–H groups in total. The maximum absolute atomic E-state index is 12.7. The maximum Gasteiger partial charge on any atom is 0.254 e. The normalized spacial score (nSPS) is 16.9. The molecule has 1 aromatic carbocycles. The lowest BCUT2D eigenvalue weighted by Gasteiger charge is -2.38. The third-order valence-corrected chi connectivity index (χ3v) is 5.19. The Morgan fingerprint density at radius 2 is 1.88 bits per heavy atom. The minimum Gasteiger partial charge on any atom is -0.497 e. The molecule has 1 atom stereocenters. The number of rotatable bonds is 6. The molecule has 1 aliphatic heterocycles. The molecule has 1 unspecified atom stereocenters. The van der Waals surface area contributed by atoms with E-state index < -0.39 is 0 Å². The van der Waals surface area contributed by atoms with Gasteiger partial charge >= 0.3 is 0 Å². The van der Waals surface area contributed by atoms with E-state index in [1.165, 1.54) is 0 Å². The number of hydrogen-bond donors (Lipinski definition) is 1. The lowest BCUT2D eigenvalue weighted by molar-refractivity contribution is -0.128. The summed E-state index contributed by atoms with van der Waals surface area (Å²) in [5, 5.41) is 3.10. The van der Waals surface area contributed by atoms with Gasteiger partial charge in [0.05, 0.1) is 13.2 Å². The molecule has 0 aliphatic carbocycles. The molecule has 26 heavy (non-hydrogen) atoms. The third kappa shape index (κ3) is 4.97. The van der Waals surface area contributed by atoms with Crippen molar-refractivity contribution in [2.24, 2.45) is 0 Å². The SMILES string of the molecule is CCC(C)(C)NC(=O)C(C)N1CCN(C(=O)c2cccc(OC)c2)CC1. The van der Waals surface area contributed by atoms with Gasteiger partial charge in [0.15, 0.2) is 0 Å². The summed E-state index contributed by atoms with van der Waals surface area (Å²) in [6.07, 6.45) is 0.883. The van der Waals surface area contributed by atoms with Gasteiger partial charge in [0.25, 0.3) is 5.91 Å². The van der Waals surface area contributed by atoms with Crippen molar-refractivity contribution in [2.45, 2.75) is 45.7 Å². The molecule has 2 amide bonds. The van der Waals surface area contributed by atoms with Crippen LogP contribution in [0.15, 0.2) is 24.3 Å². The molecule has 1 aliphatic rings. The van der Waals surface area contributed by atoms with E-state index in [4.69, 9.17) is 4.74 Å². The summed E-state index contributed by atoms with van der Waals surface area (Å²) < 4.78 is 5.19. The van der Waals surface area contributed by atoms with Crippen molar-refractivity contribution in [2.75, 3.05) is 33.3 Å². The highest BCUT2D eigenvalue weighted by Gasteiger charge is 2.30. The van der Waals surface area contributed by atoms with Crippen molar-refractivity contribution in [3.63, 3.8) is 0 Å². The van der Waals surface area contributed by atoms with Crippen LogP contribution in [0.5, 0.6) is 5.75 Å². The van der Waals surface area contributed by atoms with Crippen molar-refractivity contribution in [3.8, 4) is 5.75 Å². The Morgan fingerprint density at radius 1 is 1.23 bits per heavy atom. The highest BCUT2D eigenvalue weighted by atomic mass is 16.5. The average Bonchev–Trinajstić information content (AvgIpc) is 2.66. The van der Waals surface area contributed by atoms with Crippen molar-refractivity contribution >= 4 is 11.8 Å². The number of carbonyl (C=O) groups is 2. The van der Waals surface area contributed by atoms with E-state index in [1.54, 1.807) is 19.2 Å². The zero-order chi connectivity index (χ0) is 19.3. The Bertz CT molecular complexity index is 637. The van der Waals surface area contributed by atoms with Crippen LogP contribution in [-0.4, -0.2) is 66.5 Å². The summed E-state index contributed by atoms with van der Waals surface area (Å²) >= 11 is 0. The van der Waals surface area contributed by atoms with E-state index in [1.807, 2.05) is 37.8 Å². The molecule has 2 rings (SSSR count).